The summed E-state index contributed by atoms with van der Waals surface area (Å²) >= 11 is 0. The van der Waals surface area contributed by atoms with Gasteiger partial charge in [-0.2, -0.15) is 4.31 Å². The van der Waals surface area contributed by atoms with E-state index in [0.29, 0.717) is 0 Å². The molecule has 0 saturated heterocycles. The summed E-state index contributed by atoms with van der Waals surface area (Å²) in [5.41, 5.74) is 4.94. The number of hydrogen-bond donors (Lipinski definition) is 2. The Morgan fingerprint density at radius 2 is 1.94 bits per heavy atom. The molecule has 0 aliphatic carbocycles. The standard InChI is InChI=1S/C11H12N2O4S/c12-10(14)9-6-7-13(11(9)15)18(16,17)8-4-2-1-3-5-8/h1-6,11,15H,7H2,(H2,12,14). The van der Waals surface area contributed by atoms with Crippen LogP contribution >= 0.6 is 0 Å². The van der Waals surface area contributed by atoms with Gasteiger partial charge in [0.15, 0.2) is 6.23 Å². The average molecular weight is 268 g/mol. The molecule has 96 valence electrons. The maximum absolute atomic E-state index is 12.2. The summed E-state index contributed by atoms with van der Waals surface area (Å²) in [5.74, 6) is -0.826. The maximum Gasteiger partial charge on any atom is 0.248 e. The largest absolute Gasteiger partial charge is 0.373 e. The summed E-state index contributed by atoms with van der Waals surface area (Å²) in [7, 11) is -3.83. The molecule has 1 aromatic rings. The number of nitrogens with two attached hydrogens (primary N) is 1. The molecule has 0 fully saturated rings. The molecule has 0 aromatic heterocycles. The van der Waals surface area contributed by atoms with Gasteiger partial charge < -0.3 is 10.8 Å². The van der Waals surface area contributed by atoms with Crippen molar-refractivity contribution >= 4 is 15.9 Å². The quantitative estimate of drug-likeness (QED) is 0.766. The van der Waals surface area contributed by atoms with Crippen molar-refractivity contribution in [1.82, 2.24) is 4.31 Å². The number of carbonyl (C=O) groups is 1. The molecule has 1 unspecified atom stereocenters. The molecular formula is C11H12N2O4S. The normalized spacial score (nSPS) is 20.7. The van der Waals surface area contributed by atoms with Crippen molar-refractivity contribution < 1.29 is 18.3 Å². The van der Waals surface area contributed by atoms with Crippen molar-refractivity contribution in [2.45, 2.75) is 11.1 Å². The van der Waals surface area contributed by atoms with Crippen LogP contribution in [0.1, 0.15) is 0 Å². The molecule has 1 aliphatic rings. The van der Waals surface area contributed by atoms with E-state index in [-0.39, 0.29) is 17.0 Å². The van der Waals surface area contributed by atoms with E-state index in [9.17, 15) is 18.3 Å². The molecule has 1 atom stereocenters. The van der Waals surface area contributed by atoms with Gasteiger partial charge in [-0.25, -0.2) is 8.42 Å². The zero-order valence-corrected chi connectivity index (χ0v) is 10.2. The number of carbonyl (C=O) groups excluding carboxylic acids is 1. The van der Waals surface area contributed by atoms with Gasteiger partial charge in [-0.1, -0.05) is 24.3 Å². The van der Waals surface area contributed by atoms with Gasteiger partial charge >= 0.3 is 0 Å². The van der Waals surface area contributed by atoms with E-state index >= 15 is 0 Å². The molecule has 0 bridgehead atoms. The highest BCUT2D eigenvalue weighted by molar-refractivity contribution is 7.89. The second-order valence-corrected chi connectivity index (χ2v) is 5.68. The molecule has 18 heavy (non-hydrogen) atoms. The third-order valence-electron chi connectivity index (χ3n) is 2.68. The smallest absolute Gasteiger partial charge is 0.248 e. The second-order valence-electron chi connectivity index (χ2n) is 3.79. The number of aliphatic hydroxyl groups excluding tert-OH is 1. The molecule has 3 N–H and O–H groups in total. The fourth-order valence-corrected chi connectivity index (χ4v) is 3.15. The van der Waals surface area contributed by atoms with Crippen LogP contribution in [0.3, 0.4) is 0 Å². The van der Waals surface area contributed by atoms with E-state index in [1.54, 1.807) is 18.2 Å². The van der Waals surface area contributed by atoms with E-state index in [1.165, 1.54) is 18.2 Å². The fourth-order valence-electron chi connectivity index (χ4n) is 1.73. The Labute approximate surface area is 104 Å². The number of benzene rings is 1. The average Bonchev–Trinajstić information content (AvgIpc) is 2.73. The molecule has 0 radical (unpaired) electrons. The number of aliphatic hydroxyl groups is 1. The number of sulfonamides is 1. The number of hydrogen-bond acceptors (Lipinski definition) is 4. The molecule has 1 aliphatic heterocycles. The van der Waals surface area contributed by atoms with Crippen LogP contribution in [0, 0.1) is 0 Å². The van der Waals surface area contributed by atoms with E-state index < -0.39 is 22.2 Å². The summed E-state index contributed by atoms with van der Waals surface area (Å²) in [6.07, 6.45) is -0.208. The zero-order chi connectivity index (χ0) is 13.3. The molecule has 1 heterocycles. The molecule has 7 heteroatoms. The van der Waals surface area contributed by atoms with Gasteiger partial charge in [-0.05, 0) is 12.1 Å². The van der Waals surface area contributed by atoms with Gasteiger partial charge in [0, 0.05) is 6.54 Å². The van der Waals surface area contributed by atoms with Crippen molar-refractivity contribution in [2.75, 3.05) is 6.54 Å². The van der Waals surface area contributed by atoms with Crippen molar-refractivity contribution in [3.63, 3.8) is 0 Å². The highest BCUT2D eigenvalue weighted by Crippen LogP contribution is 2.24. The zero-order valence-electron chi connectivity index (χ0n) is 9.35. The molecule has 0 spiro atoms. The van der Waals surface area contributed by atoms with Crippen molar-refractivity contribution in [3.05, 3.63) is 42.0 Å². The Balaban J connectivity index is 2.33. The first-order valence-electron chi connectivity index (χ1n) is 5.19. The lowest BCUT2D eigenvalue weighted by atomic mass is 10.2. The van der Waals surface area contributed by atoms with E-state index in [1.807, 2.05) is 0 Å². The van der Waals surface area contributed by atoms with Gasteiger partial charge in [0.1, 0.15) is 0 Å². The van der Waals surface area contributed by atoms with Crippen LogP contribution in [-0.2, 0) is 14.8 Å². The lowest BCUT2D eigenvalue weighted by molar-refractivity contribution is -0.115. The number of primary amides is 1. The monoisotopic (exact) mass is 268 g/mol. The predicted molar refractivity (Wildman–Crippen MR) is 63.6 cm³/mol. The third-order valence-corrected chi connectivity index (χ3v) is 4.51. The fraction of sp³-hybridized carbons (Fsp3) is 0.182. The van der Waals surface area contributed by atoms with E-state index in [4.69, 9.17) is 5.73 Å². The first-order valence-corrected chi connectivity index (χ1v) is 6.63. The SMILES string of the molecule is NC(=O)C1=CCN(S(=O)(=O)c2ccccc2)C1O. The minimum Gasteiger partial charge on any atom is -0.373 e. The van der Waals surface area contributed by atoms with Gasteiger partial charge in [0.2, 0.25) is 15.9 Å². The van der Waals surface area contributed by atoms with Crippen LogP contribution in [0.2, 0.25) is 0 Å². The minimum absolute atomic E-state index is 0.0585. The van der Waals surface area contributed by atoms with Crippen LogP contribution in [0.4, 0.5) is 0 Å². The molecule has 2 rings (SSSR count). The van der Waals surface area contributed by atoms with Crippen molar-refractivity contribution in [3.8, 4) is 0 Å². The van der Waals surface area contributed by atoms with Crippen LogP contribution < -0.4 is 5.73 Å². The Kier molecular flexibility index (Phi) is 3.20. The summed E-state index contributed by atoms with van der Waals surface area (Å²) in [4.78, 5) is 11.1. The van der Waals surface area contributed by atoms with Crippen LogP contribution in [0.15, 0.2) is 46.9 Å². The first kappa shape index (κ1) is 12.7. The summed E-state index contributed by atoms with van der Waals surface area (Å²) in [6.45, 7) is -0.0728. The van der Waals surface area contributed by atoms with Crippen LogP contribution in [0.5, 0.6) is 0 Å². The van der Waals surface area contributed by atoms with Gasteiger partial charge in [0.05, 0.1) is 10.5 Å². The van der Waals surface area contributed by atoms with Crippen LogP contribution in [0.25, 0.3) is 0 Å². The molecular weight excluding hydrogens is 256 g/mol. The molecule has 6 nitrogen and oxygen atoms in total. The predicted octanol–water partition coefficient (Wildman–Crippen LogP) is -0.579. The molecule has 0 saturated carbocycles. The van der Waals surface area contributed by atoms with Crippen molar-refractivity contribution in [2.24, 2.45) is 5.73 Å². The minimum atomic E-state index is -3.83. The van der Waals surface area contributed by atoms with Gasteiger partial charge in [-0.15, -0.1) is 0 Å². The summed E-state index contributed by atoms with van der Waals surface area (Å²) in [5, 5.41) is 9.79. The van der Waals surface area contributed by atoms with Crippen molar-refractivity contribution in [1.29, 1.82) is 0 Å². The highest BCUT2D eigenvalue weighted by atomic mass is 32.2. The number of amides is 1. The Hall–Kier alpha value is -1.70. The first-order chi connectivity index (χ1) is 8.44. The van der Waals surface area contributed by atoms with E-state index in [0.717, 1.165) is 4.31 Å². The maximum atomic E-state index is 12.2. The lowest BCUT2D eigenvalue weighted by Gasteiger charge is -2.21. The lowest BCUT2D eigenvalue weighted by Crippen LogP contribution is -2.39. The summed E-state index contributed by atoms with van der Waals surface area (Å²) in [6, 6.07) is 7.69. The van der Waals surface area contributed by atoms with Crippen LogP contribution in [-0.4, -0.2) is 36.5 Å². The Morgan fingerprint density at radius 1 is 1.33 bits per heavy atom. The highest BCUT2D eigenvalue weighted by Gasteiger charge is 2.37. The molecule has 1 amide bonds. The Morgan fingerprint density at radius 3 is 2.44 bits per heavy atom. The Bertz CT molecular complexity index is 595. The summed E-state index contributed by atoms with van der Waals surface area (Å²) < 4.78 is 25.2. The second kappa shape index (κ2) is 4.52. The van der Waals surface area contributed by atoms with Gasteiger partial charge in [0.25, 0.3) is 0 Å². The third kappa shape index (κ3) is 2.03. The number of nitrogens with zero attached hydrogens (tertiary/aromatic N) is 1. The molecule has 1 aromatic carbocycles. The van der Waals surface area contributed by atoms with Gasteiger partial charge in [-0.3, -0.25) is 4.79 Å². The number of rotatable bonds is 3. The van der Waals surface area contributed by atoms with E-state index in [2.05, 4.69) is 0 Å². The topological polar surface area (TPSA) is 101 Å².